The van der Waals surface area contributed by atoms with Gasteiger partial charge in [0, 0.05) is 17.1 Å². The molecule has 0 heterocycles. The monoisotopic (exact) mass is 346 g/mol. The number of hydrogen-bond donors (Lipinski definition) is 0. The third-order valence-corrected chi connectivity index (χ3v) is 3.11. The van der Waals surface area contributed by atoms with Crippen LogP contribution in [0.3, 0.4) is 0 Å². The van der Waals surface area contributed by atoms with Gasteiger partial charge in [0.15, 0.2) is 0 Å². The van der Waals surface area contributed by atoms with E-state index in [0.717, 1.165) is 5.69 Å². The fourth-order valence-corrected chi connectivity index (χ4v) is 1.96. The normalized spacial score (nSPS) is 13.2. The van der Waals surface area contributed by atoms with Crippen molar-refractivity contribution >= 4 is 17.3 Å². The Morgan fingerprint density at radius 2 is 1.39 bits per heavy atom. The van der Waals surface area contributed by atoms with E-state index in [4.69, 9.17) is 4.74 Å². The SMILES string of the molecule is O=C(Oc1ccc(N=Nc2ccccc2)cc1)C1C=CC=C1.[Fe]. The van der Waals surface area contributed by atoms with Gasteiger partial charge in [0.25, 0.3) is 0 Å². The number of rotatable bonds is 4. The Kier molecular flexibility index (Phi) is 6.03. The van der Waals surface area contributed by atoms with Crippen LogP contribution >= 0.6 is 0 Å². The van der Waals surface area contributed by atoms with Crippen LogP contribution in [0.2, 0.25) is 0 Å². The second-order valence-corrected chi connectivity index (χ2v) is 4.75. The summed E-state index contributed by atoms with van der Waals surface area (Å²) >= 11 is 0. The zero-order valence-corrected chi connectivity index (χ0v) is 13.3. The second-order valence-electron chi connectivity index (χ2n) is 4.75. The average molecular weight is 346 g/mol. The van der Waals surface area contributed by atoms with Crippen molar-refractivity contribution < 1.29 is 26.6 Å². The fraction of sp³-hybridized carbons (Fsp3) is 0.0556. The molecule has 2 aromatic rings. The number of carbonyl (C=O) groups excluding carboxylic acids is 1. The van der Waals surface area contributed by atoms with Gasteiger partial charge in [-0.1, -0.05) is 42.5 Å². The molecule has 23 heavy (non-hydrogen) atoms. The summed E-state index contributed by atoms with van der Waals surface area (Å²) in [5, 5.41) is 8.27. The minimum Gasteiger partial charge on any atom is -0.426 e. The van der Waals surface area contributed by atoms with E-state index < -0.39 is 0 Å². The molecule has 5 heteroatoms. The zero-order valence-electron chi connectivity index (χ0n) is 12.1. The summed E-state index contributed by atoms with van der Waals surface area (Å²) in [6.07, 6.45) is 7.26. The molecule has 0 spiro atoms. The first-order chi connectivity index (χ1) is 10.8. The molecule has 0 saturated carbocycles. The molecule has 0 atom stereocenters. The zero-order chi connectivity index (χ0) is 15.2. The molecule has 4 nitrogen and oxygen atoms in total. The minimum atomic E-state index is -0.294. The van der Waals surface area contributed by atoms with Crippen LogP contribution in [0.5, 0.6) is 5.75 Å². The van der Waals surface area contributed by atoms with Crippen LogP contribution in [0.15, 0.2) is 89.1 Å². The predicted octanol–water partition coefficient (Wildman–Crippen LogP) is 4.75. The van der Waals surface area contributed by atoms with E-state index in [1.807, 2.05) is 42.5 Å². The van der Waals surface area contributed by atoms with Crippen molar-refractivity contribution in [3.05, 3.63) is 78.9 Å². The van der Waals surface area contributed by atoms with Gasteiger partial charge in [-0.25, -0.2) is 0 Å². The van der Waals surface area contributed by atoms with Crippen molar-refractivity contribution in [2.75, 3.05) is 0 Å². The molecule has 0 amide bonds. The van der Waals surface area contributed by atoms with Crippen LogP contribution in [0.1, 0.15) is 0 Å². The minimum absolute atomic E-state index is 0. The Labute approximate surface area is 145 Å². The Balaban J connectivity index is 0.00000192. The van der Waals surface area contributed by atoms with Crippen LogP contribution in [-0.4, -0.2) is 5.97 Å². The maximum absolute atomic E-state index is 11.8. The molecule has 1 aliphatic carbocycles. The van der Waals surface area contributed by atoms with Gasteiger partial charge in [0.2, 0.25) is 0 Å². The molecule has 2 aromatic carbocycles. The van der Waals surface area contributed by atoms with Crippen LogP contribution in [0, 0.1) is 5.92 Å². The Hall–Kier alpha value is -2.49. The van der Waals surface area contributed by atoms with Crippen LogP contribution in [-0.2, 0) is 21.9 Å². The molecule has 0 radical (unpaired) electrons. The van der Waals surface area contributed by atoms with E-state index in [-0.39, 0.29) is 29.0 Å². The van der Waals surface area contributed by atoms with E-state index >= 15 is 0 Å². The smallest absolute Gasteiger partial charge is 0.322 e. The van der Waals surface area contributed by atoms with Gasteiger partial charge >= 0.3 is 5.97 Å². The van der Waals surface area contributed by atoms with Gasteiger partial charge in [-0.2, -0.15) is 10.2 Å². The molecule has 0 saturated heterocycles. The topological polar surface area (TPSA) is 51.0 Å². The number of nitrogens with zero attached hydrogens (tertiary/aromatic N) is 2. The van der Waals surface area contributed by atoms with Crippen molar-refractivity contribution in [1.29, 1.82) is 0 Å². The largest absolute Gasteiger partial charge is 0.426 e. The molecule has 3 rings (SSSR count). The Morgan fingerprint density at radius 3 is 2.00 bits per heavy atom. The molecule has 0 fully saturated rings. The van der Waals surface area contributed by atoms with E-state index in [1.165, 1.54) is 0 Å². The van der Waals surface area contributed by atoms with Crippen molar-refractivity contribution in [2.24, 2.45) is 16.1 Å². The summed E-state index contributed by atoms with van der Waals surface area (Å²) < 4.78 is 5.30. The van der Waals surface area contributed by atoms with Crippen molar-refractivity contribution in [2.45, 2.75) is 0 Å². The molecular formula is C18H14FeN2O2. The number of carbonyl (C=O) groups is 1. The molecule has 1 aliphatic rings. The van der Waals surface area contributed by atoms with Crippen LogP contribution in [0.25, 0.3) is 0 Å². The first-order valence-corrected chi connectivity index (χ1v) is 6.95. The van der Waals surface area contributed by atoms with Crippen molar-refractivity contribution in [3.8, 4) is 5.75 Å². The first kappa shape index (κ1) is 16.9. The maximum Gasteiger partial charge on any atom is 0.322 e. The fourth-order valence-electron chi connectivity index (χ4n) is 1.96. The summed E-state index contributed by atoms with van der Waals surface area (Å²) in [5.41, 5.74) is 1.49. The van der Waals surface area contributed by atoms with Crippen molar-refractivity contribution in [1.82, 2.24) is 0 Å². The Morgan fingerprint density at radius 1 is 0.826 bits per heavy atom. The molecule has 0 aromatic heterocycles. The van der Waals surface area contributed by atoms with Gasteiger partial charge < -0.3 is 4.74 Å². The van der Waals surface area contributed by atoms with E-state index in [0.29, 0.717) is 11.4 Å². The standard InChI is InChI=1S/C18H14N2O2.Fe/c21-18(14-6-4-5-7-14)22-17-12-10-16(11-13-17)20-19-15-8-2-1-3-9-15;/h1-14H;. The number of ether oxygens (including phenoxy) is 1. The number of hydrogen-bond acceptors (Lipinski definition) is 4. The van der Waals surface area contributed by atoms with E-state index in [1.54, 1.807) is 36.4 Å². The van der Waals surface area contributed by atoms with Gasteiger partial charge in [0.05, 0.1) is 17.3 Å². The summed E-state index contributed by atoms with van der Waals surface area (Å²) in [5.74, 6) is -0.0848. The van der Waals surface area contributed by atoms with Crippen LogP contribution < -0.4 is 4.74 Å². The number of allylic oxidation sites excluding steroid dienone is 2. The molecule has 116 valence electrons. The first-order valence-electron chi connectivity index (χ1n) is 6.95. The summed E-state index contributed by atoms with van der Waals surface area (Å²) in [6.45, 7) is 0. The molecule has 0 N–H and O–H groups in total. The number of azo groups is 1. The Bertz CT molecular complexity index is 725. The number of benzene rings is 2. The third-order valence-electron chi connectivity index (χ3n) is 3.11. The molecule has 0 aliphatic heterocycles. The van der Waals surface area contributed by atoms with E-state index in [2.05, 4.69) is 10.2 Å². The van der Waals surface area contributed by atoms with Gasteiger partial charge in [-0.3, -0.25) is 4.79 Å². The average Bonchev–Trinajstić information content (AvgIpc) is 3.10. The van der Waals surface area contributed by atoms with Crippen molar-refractivity contribution in [3.63, 3.8) is 0 Å². The number of esters is 1. The molecular weight excluding hydrogens is 332 g/mol. The quantitative estimate of drug-likeness (QED) is 0.347. The predicted molar refractivity (Wildman–Crippen MR) is 84.5 cm³/mol. The van der Waals surface area contributed by atoms with Gasteiger partial charge in [-0.05, 0) is 36.4 Å². The third kappa shape index (κ3) is 4.74. The van der Waals surface area contributed by atoms with E-state index in [9.17, 15) is 4.79 Å². The second kappa shape index (κ2) is 8.22. The maximum atomic E-state index is 11.8. The summed E-state index contributed by atoms with van der Waals surface area (Å²) in [7, 11) is 0. The molecule has 0 unspecified atom stereocenters. The summed E-state index contributed by atoms with van der Waals surface area (Å²) in [4.78, 5) is 11.8. The molecule has 0 bridgehead atoms. The van der Waals surface area contributed by atoms with Crippen LogP contribution in [0.4, 0.5) is 11.4 Å². The van der Waals surface area contributed by atoms with Gasteiger partial charge in [-0.15, -0.1) is 0 Å². The van der Waals surface area contributed by atoms with Gasteiger partial charge in [0.1, 0.15) is 5.75 Å². The summed E-state index contributed by atoms with van der Waals surface area (Å²) in [6, 6.07) is 16.4.